The van der Waals surface area contributed by atoms with E-state index in [1.54, 1.807) is 6.33 Å². The maximum Gasteiger partial charge on any atom is 0.141 e. The Balaban J connectivity index is 1.70. The van der Waals surface area contributed by atoms with Crippen LogP contribution in [0.25, 0.3) is 22.3 Å². The first kappa shape index (κ1) is 13.9. The molecule has 23 heavy (non-hydrogen) atoms. The molecule has 4 heterocycles. The maximum absolute atomic E-state index is 9.16. The summed E-state index contributed by atoms with van der Waals surface area (Å²) in [6.07, 6.45) is 8.78. The van der Waals surface area contributed by atoms with Gasteiger partial charge in [0.25, 0.3) is 0 Å². The Bertz CT molecular complexity index is 851. The number of fused-ring (bicyclic) bond motifs is 1. The molecule has 0 saturated carbocycles. The lowest BCUT2D eigenvalue weighted by molar-refractivity contribution is 0.329. The zero-order valence-electron chi connectivity index (χ0n) is 12.6. The third-order valence-electron chi connectivity index (χ3n) is 4.51. The van der Waals surface area contributed by atoms with Crippen LogP contribution in [0.1, 0.15) is 18.9 Å². The van der Waals surface area contributed by atoms with Gasteiger partial charge < -0.3 is 10.3 Å². The van der Waals surface area contributed by atoms with Gasteiger partial charge in [-0.1, -0.05) is 0 Å². The summed E-state index contributed by atoms with van der Waals surface area (Å²) in [7, 11) is 0. The summed E-state index contributed by atoms with van der Waals surface area (Å²) in [6.45, 7) is 1.95. The first-order valence-corrected chi connectivity index (χ1v) is 7.77. The van der Waals surface area contributed by atoms with Gasteiger partial charge >= 0.3 is 0 Å². The van der Waals surface area contributed by atoms with Crippen molar-refractivity contribution in [1.29, 1.82) is 5.26 Å². The fourth-order valence-electron chi connectivity index (χ4n) is 3.32. The number of aromatic amines is 1. The van der Waals surface area contributed by atoms with E-state index in [-0.39, 0.29) is 6.04 Å². The molecule has 1 fully saturated rings. The summed E-state index contributed by atoms with van der Waals surface area (Å²) < 4.78 is 1.93. The van der Waals surface area contributed by atoms with Crippen LogP contribution in [0.5, 0.6) is 0 Å². The van der Waals surface area contributed by atoms with E-state index in [9.17, 15) is 0 Å². The topological polar surface area (TPSA) is 95.2 Å². The lowest BCUT2D eigenvalue weighted by atomic mass is 9.97. The van der Waals surface area contributed by atoms with Crippen molar-refractivity contribution >= 4 is 11.0 Å². The number of nitriles is 1. The van der Waals surface area contributed by atoms with E-state index in [1.807, 2.05) is 29.3 Å². The monoisotopic (exact) mass is 307 g/mol. The third-order valence-corrected chi connectivity index (χ3v) is 4.51. The molecule has 2 atom stereocenters. The van der Waals surface area contributed by atoms with Crippen molar-refractivity contribution < 1.29 is 0 Å². The van der Waals surface area contributed by atoms with Crippen LogP contribution in [0.15, 0.2) is 31.0 Å². The minimum absolute atomic E-state index is 0.104. The maximum atomic E-state index is 9.16. The van der Waals surface area contributed by atoms with Crippen molar-refractivity contribution in [3.63, 3.8) is 0 Å². The van der Waals surface area contributed by atoms with Gasteiger partial charge in [0.05, 0.1) is 30.4 Å². The molecule has 116 valence electrons. The Morgan fingerprint density at radius 3 is 3.22 bits per heavy atom. The van der Waals surface area contributed by atoms with Crippen LogP contribution < -0.4 is 5.32 Å². The van der Waals surface area contributed by atoms with Crippen molar-refractivity contribution in [2.75, 3.05) is 13.1 Å². The second kappa shape index (κ2) is 5.82. The number of nitrogens with one attached hydrogen (secondary N) is 2. The van der Waals surface area contributed by atoms with Crippen molar-refractivity contribution in [3.8, 4) is 17.3 Å². The van der Waals surface area contributed by atoms with Gasteiger partial charge in [-0.25, -0.2) is 9.97 Å². The molecule has 1 aliphatic heterocycles. The Labute approximate surface area is 133 Å². The van der Waals surface area contributed by atoms with Gasteiger partial charge in [-0.05, 0) is 24.9 Å². The van der Waals surface area contributed by atoms with Crippen LogP contribution in [0.4, 0.5) is 0 Å². The lowest BCUT2D eigenvalue weighted by Gasteiger charge is -2.20. The molecule has 0 amide bonds. The molecule has 7 nitrogen and oxygen atoms in total. The van der Waals surface area contributed by atoms with Crippen LogP contribution in [0, 0.1) is 17.2 Å². The van der Waals surface area contributed by atoms with Gasteiger partial charge in [0.2, 0.25) is 0 Å². The zero-order valence-corrected chi connectivity index (χ0v) is 12.6. The number of aromatic nitrogens is 5. The molecular weight excluding hydrogens is 290 g/mol. The quantitative estimate of drug-likeness (QED) is 0.767. The number of nitrogens with zero attached hydrogens (tertiary/aromatic N) is 5. The summed E-state index contributed by atoms with van der Waals surface area (Å²) in [4.78, 5) is 11.7. The molecular formula is C16H17N7. The Hall–Kier alpha value is -2.72. The number of H-pyrrole nitrogens is 1. The standard InChI is InChI=1S/C16H17N7/c17-4-1-14(11-2-5-18-7-11)23-9-12(8-22-23)15-13-3-6-19-16(13)21-10-20-15/h3,6,8-11,14,18H,1-2,5,7H2,(H,19,20,21). The predicted octanol–water partition coefficient (Wildman–Crippen LogP) is 1.89. The van der Waals surface area contributed by atoms with Crippen molar-refractivity contribution in [1.82, 2.24) is 30.0 Å². The van der Waals surface area contributed by atoms with Crippen molar-refractivity contribution in [2.45, 2.75) is 18.9 Å². The molecule has 2 unspecified atom stereocenters. The highest BCUT2D eigenvalue weighted by atomic mass is 15.3. The Morgan fingerprint density at radius 2 is 2.39 bits per heavy atom. The second-order valence-electron chi connectivity index (χ2n) is 5.85. The van der Waals surface area contributed by atoms with Crippen LogP contribution in [0.3, 0.4) is 0 Å². The average Bonchev–Trinajstić information content (AvgIpc) is 3.32. The summed E-state index contributed by atoms with van der Waals surface area (Å²) in [5.41, 5.74) is 2.63. The Morgan fingerprint density at radius 1 is 1.43 bits per heavy atom. The van der Waals surface area contributed by atoms with E-state index < -0.39 is 0 Å². The third kappa shape index (κ3) is 2.47. The van der Waals surface area contributed by atoms with Gasteiger partial charge in [0, 0.05) is 29.9 Å². The van der Waals surface area contributed by atoms with Crippen LogP contribution in [-0.2, 0) is 0 Å². The first-order chi connectivity index (χ1) is 11.4. The highest BCUT2D eigenvalue weighted by Crippen LogP contribution is 2.29. The van der Waals surface area contributed by atoms with E-state index in [0.29, 0.717) is 12.3 Å². The van der Waals surface area contributed by atoms with E-state index in [0.717, 1.165) is 41.8 Å². The largest absolute Gasteiger partial charge is 0.346 e. The minimum Gasteiger partial charge on any atom is -0.346 e. The summed E-state index contributed by atoms with van der Waals surface area (Å²) >= 11 is 0. The predicted molar refractivity (Wildman–Crippen MR) is 85.4 cm³/mol. The first-order valence-electron chi connectivity index (χ1n) is 7.77. The molecule has 0 radical (unpaired) electrons. The van der Waals surface area contributed by atoms with Crippen LogP contribution >= 0.6 is 0 Å². The zero-order chi connectivity index (χ0) is 15.6. The molecule has 3 aromatic heterocycles. The van der Waals surface area contributed by atoms with E-state index >= 15 is 0 Å². The van der Waals surface area contributed by atoms with Gasteiger partial charge in [0.15, 0.2) is 0 Å². The van der Waals surface area contributed by atoms with Crippen molar-refractivity contribution in [3.05, 3.63) is 31.0 Å². The molecule has 4 rings (SSSR count). The highest BCUT2D eigenvalue weighted by Gasteiger charge is 2.27. The Kier molecular flexibility index (Phi) is 3.52. The van der Waals surface area contributed by atoms with E-state index in [1.165, 1.54) is 0 Å². The normalized spacial score (nSPS) is 19.0. The molecule has 0 aliphatic carbocycles. The van der Waals surface area contributed by atoms with Crippen molar-refractivity contribution in [2.24, 2.45) is 5.92 Å². The van der Waals surface area contributed by atoms with Crippen LogP contribution in [-0.4, -0.2) is 37.8 Å². The SMILES string of the molecule is N#CCC(C1CCNC1)n1cc(-c2ncnc3[nH]ccc23)cn1. The highest BCUT2D eigenvalue weighted by molar-refractivity contribution is 5.89. The minimum atomic E-state index is 0.104. The molecule has 0 bridgehead atoms. The summed E-state index contributed by atoms with van der Waals surface area (Å²) in [5.74, 6) is 0.445. The fraction of sp³-hybridized carbons (Fsp3) is 0.375. The fourth-order valence-corrected chi connectivity index (χ4v) is 3.32. The molecule has 0 spiro atoms. The molecule has 0 aromatic carbocycles. The number of hydrogen-bond acceptors (Lipinski definition) is 5. The molecule has 3 aromatic rings. The van der Waals surface area contributed by atoms with E-state index in [4.69, 9.17) is 5.26 Å². The van der Waals surface area contributed by atoms with Gasteiger partial charge in [0.1, 0.15) is 12.0 Å². The number of hydrogen-bond donors (Lipinski definition) is 2. The average molecular weight is 307 g/mol. The van der Waals surface area contributed by atoms with Crippen LogP contribution in [0.2, 0.25) is 0 Å². The summed E-state index contributed by atoms with van der Waals surface area (Å²) in [6, 6.07) is 4.37. The van der Waals surface area contributed by atoms with Gasteiger partial charge in [-0.2, -0.15) is 10.4 Å². The summed E-state index contributed by atoms with van der Waals surface area (Å²) in [5, 5.41) is 18.0. The number of rotatable bonds is 4. The molecule has 2 N–H and O–H groups in total. The second-order valence-corrected chi connectivity index (χ2v) is 5.85. The molecule has 1 saturated heterocycles. The smallest absolute Gasteiger partial charge is 0.141 e. The molecule has 1 aliphatic rings. The van der Waals surface area contributed by atoms with E-state index in [2.05, 4.69) is 31.4 Å². The molecule has 7 heteroatoms. The van der Waals surface area contributed by atoms with Gasteiger partial charge in [-0.3, -0.25) is 4.68 Å². The van der Waals surface area contributed by atoms with Gasteiger partial charge in [-0.15, -0.1) is 0 Å². The lowest BCUT2D eigenvalue weighted by Crippen LogP contribution is -2.22.